The van der Waals surface area contributed by atoms with Gasteiger partial charge in [0.15, 0.2) is 0 Å². The number of benzene rings is 1. The average molecular weight is 248 g/mol. The number of rotatable bonds is 4. The van der Waals surface area contributed by atoms with Crippen molar-refractivity contribution in [1.82, 2.24) is 9.59 Å². The average Bonchev–Trinajstić information content (AvgIpc) is 2.79. The van der Waals surface area contributed by atoms with Crippen LogP contribution in [0.1, 0.15) is 12.0 Å². The van der Waals surface area contributed by atoms with Gasteiger partial charge in [0.2, 0.25) is 5.91 Å². The van der Waals surface area contributed by atoms with Crippen LogP contribution in [0.2, 0.25) is 0 Å². The number of carbonyl (C=O) groups is 1. The van der Waals surface area contributed by atoms with E-state index in [1.54, 1.807) is 0 Å². The Bertz CT molecular complexity index is 498. The Balaban J connectivity index is 1.84. The van der Waals surface area contributed by atoms with Crippen LogP contribution in [0.5, 0.6) is 0 Å². The standard InChI is InChI=1S/C11H12N4OS/c12-9-3-1-2-8(6-9)4-5-10(16)14-11-7-13-15-17-11/h1-3,6-7H,4-5,12H2,(H,14,16). The van der Waals surface area contributed by atoms with E-state index in [2.05, 4.69) is 14.9 Å². The summed E-state index contributed by atoms with van der Waals surface area (Å²) in [6, 6.07) is 7.54. The van der Waals surface area contributed by atoms with E-state index in [1.165, 1.54) is 6.20 Å². The van der Waals surface area contributed by atoms with Crippen LogP contribution >= 0.6 is 11.5 Å². The van der Waals surface area contributed by atoms with Crippen molar-refractivity contribution >= 4 is 28.1 Å². The van der Waals surface area contributed by atoms with E-state index in [1.807, 2.05) is 24.3 Å². The second-order valence-corrected chi connectivity index (χ2v) is 4.36. The van der Waals surface area contributed by atoms with Gasteiger partial charge in [-0.05, 0) is 24.1 Å². The van der Waals surface area contributed by atoms with E-state index >= 15 is 0 Å². The number of nitrogens with zero attached hydrogens (tertiary/aromatic N) is 2. The molecule has 1 heterocycles. The van der Waals surface area contributed by atoms with Crippen molar-refractivity contribution in [2.75, 3.05) is 11.1 Å². The van der Waals surface area contributed by atoms with Gasteiger partial charge in [-0.1, -0.05) is 16.6 Å². The highest BCUT2D eigenvalue weighted by Gasteiger charge is 2.04. The molecule has 3 N–H and O–H groups in total. The highest BCUT2D eigenvalue weighted by molar-refractivity contribution is 7.10. The Morgan fingerprint density at radius 2 is 2.35 bits per heavy atom. The summed E-state index contributed by atoms with van der Waals surface area (Å²) in [4.78, 5) is 11.6. The largest absolute Gasteiger partial charge is 0.399 e. The number of nitrogens with one attached hydrogen (secondary N) is 1. The Hall–Kier alpha value is -1.95. The highest BCUT2D eigenvalue weighted by Crippen LogP contribution is 2.12. The number of hydrogen-bond acceptors (Lipinski definition) is 5. The predicted octanol–water partition coefficient (Wildman–Crippen LogP) is 1.69. The molecule has 0 bridgehead atoms. The van der Waals surface area contributed by atoms with Gasteiger partial charge in [0, 0.05) is 23.6 Å². The lowest BCUT2D eigenvalue weighted by atomic mass is 10.1. The number of amides is 1. The van der Waals surface area contributed by atoms with Crippen molar-refractivity contribution < 1.29 is 4.79 Å². The molecule has 0 spiro atoms. The summed E-state index contributed by atoms with van der Waals surface area (Å²) in [5.41, 5.74) is 7.43. The van der Waals surface area contributed by atoms with Crippen molar-refractivity contribution in [3.8, 4) is 0 Å². The van der Waals surface area contributed by atoms with Crippen LogP contribution in [0, 0.1) is 0 Å². The smallest absolute Gasteiger partial charge is 0.225 e. The molecule has 17 heavy (non-hydrogen) atoms. The first kappa shape index (κ1) is 11.5. The number of aromatic nitrogens is 2. The maximum Gasteiger partial charge on any atom is 0.225 e. The number of hydrogen-bond donors (Lipinski definition) is 2. The van der Waals surface area contributed by atoms with Gasteiger partial charge in [0.1, 0.15) is 5.00 Å². The van der Waals surface area contributed by atoms with Crippen LogP contribution in [0.4, 0.5) is 10.7 Å². The number of nitrogen functional groups attached to an aromatic ring is 1. The zero-order valence-electron chi connectivity index (χ0n) is 9.09. The lowest BCUT2D eigenvalue weighted by molar-refractivity contribution is -0.116. The topological polar surface area (TPSA) is 80.9 Å². The monoisotopic (exact) mass is 248 g/mol. The first-order valence-corrected chi connectivity index (χ1v) is 5.93. The Labute approximate surface area is 103 Å². The summed E-state index contributed by atoms with van der Waals surface area (Å²) >= 11 is 1.16. The molecule has 6 heteroatoms. The van der Waals surface area contributed by atoms with Gasteiger partial charge in [-0.25, -0.2) is 0 Å². The molecule has 0 saturated carbocycles. The van der Waals surface area contributed by atoms with Crippen molar-refractivity contribution in [3.05, 3.63) is 36.0 Å². The normalized spacial score (nSPS) is 10.1. The molecule has 0 aliphatic heterocycles. The molecule has 1 aromatic heterocycles. The zero-order valence-corrected chi connectivity index (χ0v) is 9.91. The van der Waals surface area contributed by atoms with Crippen molar-refractivity contribution in [2.45, 2.75) is 12.8 Å². The summed E-state index contributed by atoms with van der Waals surface area (Å²) in [5, 5.41) is 7.04. The molecule has 0 unspecified atom stereocenters. The Kier molecular flexibility index (Phi) is 3.66. The molecule has 0 radical (unpaired) electrons. The van der Waals surface area contributed by atoms with Crippen LogP contribution in [0.15, 0.2) is 30.5 Å². The molecule has 1 amide bonds. The van der Waals surface area contributed by atoms with Crippen molar-refractivity contribution in [3.63, 3.8) is 0 Å². The molecule has 88 valence electrons. The molecule has 0 fully saturated rings. The predicted molar refractivity (Wildman–Crippen MR) is 67.7 cm³/mol. The van der Waals surface area contributed by atoms with E-state index < -0.39 is 0 Å². The minimum Gasteiger partial charge on any atom is -0.399 e. The van der Waals surface area contributed by atoms with Gasteiger partial charge in [0.05, 0.1) is 6.20 Å². The maximum atomic E-state index is 11.6. The summed E-state index contributed by atoms with van der Waals surface area (Å²) < 4.78 is 3.67. The second-order valence-electron chi connectivity index (χ2n) is 3.57. The van der Waals surface area contributed by atoms with Crippen LogP contribution in [0.25, 0.3) is 0 Å². The molecule has 0 aliphatic rings. The van der Waals surface area contributed by atoms with Gasteiger partial charge in [-0.15, -0.1) is 5.10 Å². The molecule has 2 aromatic rings. The number of carbonyl (C=O) groups excluding carboxylic acids is 1. The highest BCUT2D eigenvalue weighted by atomic mass is 32.1. The van der Waals surface area contributed by atoms with Gasteiger partial charge in [-0.2, -0.15) is 0 Å². The van der Waals surface area contributed by atoms with E-state index in [4.69, 9.17) is 5.73 Å². The third-order valence-corrected chi connectivity index (χ3v) is 2.80. The molecular weight excluding hydrogens is 236 g/mol. The first-order valence-electron chi connectivity index (χ1n) is 5.15. The Morgan fingerprint density at radius 1 is 1.47 bits per heavy atom. The number of nitrogens with two attached hydrogens (primary N) is 1. The third-order valence-electron chi connectivity index (χ3n) is 2.22. The minimum atomic E-state index is -0.0431. The number of anilines is 2. The van der Waals surface area contributed by atoms with Gasteiger partial charge in [0.25, 0.3) is 0 Å². The maximum absolute atomic E-state index is 11.6. The fourth-order valence-electron chi connectivity index (χ4n) is 1.43. The molecule has 1 aromatic carbocycles. The lowest BCUT2D eigenvalue weighted by Crippen LogP contribution is -2.11. The SMILES string of the molecule is Nc1cccc(CCC(=O)Nc2cnns2)c1. The fraction of sp³-hybridized carbons (Fsp3) is 0.182. The summed E-state index contributed by atoms with van der Waals surface area (Å²) in [5.74, 6) is -0.0431. The lowest BCUT2D eigenvalue weighted by Gasteiger charge is -2.03. The molecule has 2 rings (SSSR count). The molecule has 0 saturated heterocycles. The zero-order chi connectivity index (χ0) is 12.1. The van der Waals surface area contributed by atoms with Crippen LogP contribution in [-0.4, -0.2) is 15.5 Å². The molecular formula is C11H12N4OS. The Morgan fingerprint density at radius 3 is 3.06 bits per heavy atom. The summed E-state index contributed by atoms with van der Waals surface area (Å²) in [7, 11) is 0. The minimum absolute atomic E-state index is 0.0431. The van der Waals surface area contributed by atoms with E-state index in [0.29, 0.717) is 17.8 Å². The van der Waals surface area contributed by atoms with E-state index in [0.717, 1.165) is 22.8 Å². The van der Waals surface area contributed by atoms with Crippen LogP contribution in [0.3, 0.4) is 0 Å². The van der Waals surface area contributed by atoms with Crippen molar-refractivity contribution in [1.29, 1.82) is 0 Å². The molecule has 0 atom stereocenters. The molecule has 0 aliphatic carbocycles. The summed E-state index contributed by atoms with van der Waals surface area (Å²) in [6.07, 6.45) is 2.62. The van der Waals surface area contributed by atoms with Crippen LogP contribution in [-0.2, 0) is 11.2 Å². The third kappa shape index (κ3) is 3.53. The fourth-order valence-corrected chi connectivity index (χ4v) is 1.86. The van der Waals surface area contributed by atoms with Gasteiger partial charge >= 0.3 is 0 Å². The van der Waals surface area contributed by atoms with Gasteiger partial charge < -0.3 is 11.1 Å². The second kappa shape index (κ2) is 5.40. The number of aryl methyl sites for hydroxylation is 1. The summed E-state index contributed by atoms with van der Waals surface area (Å²) in [6.45, 7) is 0. The van der Waals surface area contributed by atoms with E-state index in [-0.39, 0.29) is 5.91 Å². The molecule has 5 nitrogen and oxygen atoms in total. The van der Waals surface area contributed by atoms with Crippen molar-refractivity contribution in [2.24, 2.45) is 0 Å². The van der Waals surface area contributed by atoms with E-state index in [9.17, 15) is 4.79 Å². The quantitative estimate of drug-likeness (QED) is 0.807. The van der Waals surface area contributed by atoms with Crippen LogP contribution < -0.4 is 11.1 Å². The first-order chi connectivity index (χ1) is 8.24. The van der Waals surface area contributed by atoms with Gasteiger partial charge in [-0.3, -0.25) is 4.79 Å².